The average molecular weight is 372 g/mol. The predicted octanol–water partition coefficient (Wildman–Crippen LogP) is 3.50. The van der Waals surface area contributed by atoms with Crippen molar-refractivity contribution in [2.45, 2.75) is 25.8 Å². The van der Waals surface area contributed by atoms with Crippen LogP contribution >= 0.6 is 11.3 Å². The number of nitrogens with zero attached hydrogens (tertiary/aromatic N) is 3. The molecule has 2 aromatic heterocycles. The minimum absolute atomic E-state index is 0.261. The van der Waals surface area contributed by atoms with Gasteiger partial charge in [0.25, 0.3) is 6.01 Å². The molecule has 4 rings (SSSR count). The van der Waals surface area contributed by atoms with E-state index in [-0.39, 0.29) is 6.04 Å². The monoisotopic (exact) mass is 372 g/mol. The number of likely N-dealkylation sites (N-methyl/N-ethyl adjacent to an activating group) is 1. The molecule has 1 unspecified atom stereocenters. The Labute approximate surface area is 157 Å². The molecule has 26 heavy (non-hydrogen) atoms. The topological polar surface area (TPSA) is 63.4 Å². The van der Waals surface area contributed by atoms with Gasteiger partial charge in [-0.2, -0.15) is 4.98 Å². The van der Waals surface area contributed by atoms with Crippen molar-refractivity contribution in [3.05, 3.63) is 29.3 Å². The molecule has 1 saturated heterocycles. The third kappa shape index (κ3) is 3.34. The first-order valence-corrected chi connectivity index (χ1v) is 9.88. The number of rotatable bonds is 4. The lowest BCUT2D eigenvalue weighted by molar-refractivity contribution is 0.136. The summed E-state index contributed by atoms with van der Waals surface area (Å²) >= 11 is 1.62. The molecule has 1 atom stereocenters. The van der Waals surface area contributed by atoms with Crippen molar-refractivity contribution in [2.75, 3.05) is 38.3 Å². The molecule has 1 aliphatic rings. The van der Waals surface area contributed by atoms with E-state index in [0.717, 1.165) is 34.8 Å². The number of hydrogen-bond acceptors (Lipinski definition) is 7. The zero-order valence-electron chi connectivity index (χ0n) is 15.4. The number of nitrogens with one attached hydrogen (secondary N) is 1. The van der Waals surface area contributed by atoms with E-state index in [1.165, 1.54) is 5.56 Å². The minimum Gasteiger partial charge on any atom is -0.423 e. The van der Waals surface area contributed by atoms with Gasteiger partial charge in [0.2, 0.25) is 0 Å². The molecule has 0 aliphatic carbocycles. The summed E-state index contributed by atoms with van der Waals surface area (Å²) in [6.07, 6.45) is 1.83. The largest absolute Gasteiger partial charge is 0.423 e. The van der Waals surface area contributed by atoms with Gasteiger partial charge in [-0.15, -0.1) is 11.3 Å². The lowest BCUT2D eigenvalue weighted by Crippen LogP contribution is -2.40. The van der Waals surface area contributed by atoms with Crippen molar-refractivity contribution in [2.24, 2.45) is 0 Å². The van der Waals surface area contributed by atoms with Gasteiger partial charge in [-0.3, -0.25) is 0 Å². The van der Waals surface area contributed by atoms with Gasteiger partial charge in [0.1, 0.15) is 10.5 Å². The van der Waals surface area contributed by atoms with E-state index in [2.05, 4.69) is 41.2 Å². The SMILES string of the molecule is CNC1COCCN(c2nc3cc(C(C)C)cc(-c4nccs4)c3o2)C1. The third-order valence-electron chi connectivity index (χ3n) is 4.77. The van der Waals surface area contributed by atoms with Crippen LogP contribution in [0.5, 0.6) is 0 Å². The van der Waals surface area contributed by atoms with Crippen molar-refractivity contribution in [1.29, 1.82) is 0 Å². The fourth-order valence-electron chi connectivity index (χ4n) is 3.19. The van der Waals surface area contributed by atoms with Crippen molar-refractivity contribution in [3.8, 4) is 10.6 Å². The van der Waals surface area contributed by atoms with Crippen molar-refractivity contribution in [3.63, 3.8) is 0 Å². The Bertz CT molecular complexity index is 875. The molecular weight excluding hydrogens is 348 g/mol. The van der Waals surface area contributed by atoms with Crippen LogP contribution in [0.3, 0.4) is 0 Å². The Hall–Kier alpha value is -1.96. The van der Waals surface area contributed by atoms with Crippen LogP contribution in [-0.2, 0) is 4.74 Å². The second-order valence-electron chi connectivity index (χ2n) is 6.91. The van der Waals surface area contributed by atoms with E-state index in [9.17, 15) is 0 Å². The van der Waals surface area contributed by atoms with Crippen LogP contribution in [0.2, 0.25) is 0 Å². The van der Waals surface area contributed by atoms with Gasteiger partial charge in [-0.1, -0.05) is 13.8 Å². The molecule has 0 radical (unpaired) electrons. The highest BCUT2D eigenvalue weighted by molar-refractivity contribution is 7.13. The summed E-state index contributed by atoms with van der Waals surface area (Å²) in [5, 5.41) is 6.25. The van der Waals surface area contributed by atoms with Crippen LogP contribution in [0.1, 0.15) is 25.3 Å². The van der Waals surface area contributed by atoms with Crippen LogP contribution < -0.4 is 10.2 Å². The molecule has 6 nitrogen and oxygen atoms in total. The number of fused-ring (bicyclic) bond motifs is 1. The molecule has 3 aromatic rings. The average Bonchev–Trinajstić information content (AvgIpc) is 3.25. The second-order valence-corrected chi connectivity index (χ2v) is 7.81. The maximum atomic E-state index is 6.24. The maximum Gasteiger partial charge on any atom is 0.298 e. The molecule has 1 aromatic carbocycles. The lowest BCUT2D eigenvalue weighted by atomic mass is 10.00. The van der Waals surface area contributed by atoms with Crippen LogP contribution in [-0.4, -0.2) is 49.4 Å². The standard InChI is InChI=1S/C19H24N4O2S/c1-12(2)13-8-15(18-21-4-7-26-18)17-16(9-13)22-19(25-17)23-5-6-24-11-14(10-23)20-3/h4,7-9,12,14,20H,5-6,10-11H2,1-3H3. The minimum atomic E-state index is 0.261. The van der Waals surface area contributed by atoms with Gasteiger partial charge in [0, 0.05) is 30.7 Å². The van der Waals surface area contributed by atoms with E-state index >= 15 is 0 Å². The van der Waals surface area contributed by atoms with E-state index < -0.39 is 0 Å². The number of thiazole rings is 1. The van der Waals surface area contributed by atoms with E-state index in [4.69, 9.17) is 14.1 Å². The third-order valence-corrected chi connectivity index (χ3v) is 5.58. The highest BCUT2D eigenvalue weighted by Gasteiger charge is 2.23. The molecule has 1 aliphatic heterocycles. The van der Waals surface area contributed by atoms with Gasteiger partial charge in [0.15, 0.2) is 5.58 Å². The molecule has 138 valence electrons. The normalized spacial score (nSPS) is 18.6. The number of oxazole rings is 1. The highest BCUT2D eigenvalue weighted by atomic mass is 32.1. The Kier molecular flexibility index (Phi) is 4.93. The van der Waals surface area contributed by atoms with Crippen LogP contribution in [0.25, 0.3) is 21.7 Å². The van der Waals surface area contributed by atoms with Crippen LogP contribution in [0, 0.1) is 0 Å². The second kappa shape index (κ2) is 7.34. The summed E-state index contributed by atoms with van der Waals surface area (Å²) in [6, 6.07) is 5.23. The summed E-state index contributed by atoms with van der Waals surface area (Å²) < 4.78 is 11.9. The molecule has 0 bridgehead atoms. The number of aromatic nitrogens is 2. The van der Waals surface area contributed by atoms with E-state index in [0.29, 0.717) is 25.1 Å². The van der Waals surface area contributed by atoms with Crippen LogP contribution in [0.4, 0.5) is 6.01 Å². The first-order chi connectivity index (χ1) is 12.7. The maximum absolute atomic E-state index is 6.24. The highest BCUT2D eigenvalue weighted by Crippen LogP contribution is 2.36. The summed E-state index contributed by atoms with van der Waals surface area (Å²) in [7, 11) is 1.96. The zero-order chi connectivity index (χ0) is 18.1. The molecule has 7 heteroatoms. The van der Waals surface area contributed by atoms with Gasteiger partial charge in [-0.05, 0) is 30.7 Å². The first kappa shape index (κ1) is 17.5. The van der Waals surface area contributed by atoms with Crippen molar-refractivity contribution >= 4 is 28.5 Å². The van der Waals surface area contributed by atoms with Crippen molar-refractivity contribution in [1.82, 2.24) is 15.3 Å². The Morgan fingerprint density at radius 2 is 2.23 bits per heavy atom. The van der Waals surface area contributed by atoms with Crippen molar-refractivity contribution < 1.29 is 9.15 Å². The molecule has 0 amide bonds. The fourth-order valence-corrected chi connectivity index (χ4v) is 3.84. The summed E-state index contributed by atoms with van der Waals surface area (Å²) in [5.41, 5.74) is 3.97. The van der Waals surface area contributed by atoms with Gasteiger partial charge >= 0.3 is 0 Å². The number of ether oxygens (including phenoxy) is 1. The van der Waals surface area contributed by atoms with Crippen LogP contribution in [0.15, 0.2) is 28.1 Å². The van der Waals surface area contributed by atoms with Gasteiger partial charge in [-0.25, -0.2) is 4.98 Å². The number of hydrogen-bond donors (Lipinski definition) is 1. The Balaban J connectivity index is 1.79. The Morgan fingerprint density at radius 1 is 1.35 bits per heavy atom. The molecule has 1 fully saturated rings. The zero-order valence-corrected chi connectivity index (χ0v) is 16.2. The fraction of sp³-hybridized carbons (Fsp3) is 0.474. The predicted molar refractivity (Wildman–Crippen MR) is 105 cm³/mol. The molecular formula is C19H24N4O2S. The van der Waals surface area contributed by atoms with E-state index in [1.807, 2.05) is 18.6 Å². The number of anilines is 1. The first-order valence-electron chi connectivity index (χ1n) is 9.00. The molecule has 1 N–H and O–H groups in total. The summed E-state index contributed by atoms with van der Waals surface area (Å²) in [5.74, 6) is 0.415. The van der Waals surface area contributed by atoms with Gasteiger partial charge < -0.3 is 19.4 Å². The molecule has 3 heterocycles. The smallest absolute Gasteiger partial charge is 0.298 e. The summed E-state index contributed by atoms with van der Waals surface area (Å²) in [6.45, 7) is 7.35. The lowest BCUT2D eigenvalue weighted by Gasteiger charge is -2.21. The number of benzene rings is 1. The Morgan fingerprint density at radius 3 is 2.96 bits per heavy atom. The van der Waals surface area contributed by atoms with Gasteiger partial charge in [0.05, 0.1) is 18.8 Å². The quantitative estimate of drug-likeness (QED) is 0.756. The summed E-state index contributed by atoms with van der Waals surface area (Å²) in [4.78, 5) is 11.5. The molecule has 0 spiro atoms. The van der Waals surface area contributed by atoms with E-state index in [1.54, 1.807) is 11.3 Å². The molecule has 0 saturated carbocycles.